The average Bonchev–Trinajstić information content (AvgIpc) is 3.20. The number of nitrogens with one attached hydrogen (secondary N) is 1. The molecule has 1 saturated heterocycles. The van der Waals surface area contributed by atoms with E-state index in [4.69, 9.17) is 5.11 Å². The predicted molar refractivity (Wildman–Crippen MR) is 104 cm³/mol. The second-order valence-electron chi connectivity index (χ2n) is 7.26. The van der Waals surface area contributed by atoms with Gasteiger partial charge in [0.2, 0.25) is 0 Å². The summed E-state index contributed by atoms with van der Waals surface area (Å²) >= 11 is 0. The van der Waals surface area contributed by atoms with Crippen molar-refractivity contribution in [3.05, 3.63) is 47.8 Å². The molecule has 27 heavy (non-hydrogen) atoms. The molecule has 3 rings (SSSR count). The Kier molecular flexibility index (Phi) is 6.95. The number of carbonyl (C=O) groups is 1. The van der Waals surface area contributed by atoms with Crippen molar-refractivity contribution in [3.8, 4) is 0 Å². The van der Waals surface area contributed by atoms with Crippen molar-refractivity contribution in [1.82, 2.24) is 25.2 Å². The molecule has 2 aromatic rings. The molecule has 1 fully saturated rings. The topological polar surface area (TPSA) is 83.3 Å². The van der Waals surface area contributed by atoms with E-state index in [2.05, 4.69) is 57.8 Å². The van der Waals surface area contributed by atoms with E-state index in [1.807, 2.05) is 4.68 Å². The molecule has 1 aromatic heterocycles. The predicted octanol–water partition coefficient (Wildman–Crippen LogP) is 1.83. The Balaban J connectivity index is 1.47. The van der Waals surface area contributed by atoms with Crippen LogP contribution in [0.5, 0.6) is 0 Å². The maximum atomic E-state index is 12.0. The first-order valence-electron chi connectivity index (χ1n) is 9.75. The smallest absolute Gasteiger partial charge is 0.273 e. The van der Waals surface area contributed by atoms with Crippen LogP contribution in [0, 0.1) is 0 Å². The van der Waals surface area contributed by atoms with Gasteiger partial charge in [0.25, 0.3) is 5.91 Å². The number of aliphatic hydroxyl groups is 1. The van der Waals surface area contributed by atoms with E-state index >= 15 is 0 Å². The summed E-state index contributed by atoms with van der Waals surface area (Å²) in [5, 5.41) is 19.7. The number of benzene rings is 1. The van der Waals surface area contributed by atoms with Gasteiger partial charge in [0, 0.05) is 32.8 Å². The summed E-state index contributed by atoms with van der Waals surface area (Å²) in [6.07, 6.45) is 4.30. The first-order chi connectivity index (χ1) is 13.2. The number of nitrogens with zero attached hydrogens (tertiary/aromatic N) is 4. The molecule has 0 spiro atoms. The van der Waals surface area contributed by atoms with Gasteiger partial charge in [0.1, 0.15) is 0 Å². The van der Waals surface area contributed by atoms with Crippen LogP contribution in [-0.4, -0.2) is 63.7 Å². The van der Waals surface area contributed by atoms with Crippen molar-refractivity contribution >= 4 is 5.91 Å². The summed E-state index contributed by atoms with van der Waals surface area (Å²) in [6.45, 7) is 5.90. The van der Waals surface area contributed by atoms with Crippen LogP contribution in [0.3, 0.4) is 0 Å². The maximum Gasteiger partial charge on any atom is 0.273 e. The monoisotopic (exact) mass is 371 g/mol. The molecule has 7 heteroatoms. The van der Waals surface area contributed by atoms with Gasteiger partial charge in [0.05, 0.1) is 12.2 Å². The lowest BCUT2D eigenvalue weighted by molar-refractivity contribution is 0.0946. The zero-order valence-corrected chi connectivity index (χ0v) is 15.9. The minimum atomic E-state index is -0.233. The number of aromatic nitrogens is 3. The summed E-state index contributed by atoms with van der Waals surface area (Å²) in [7, 11) is 0. The summed E-state index contributed by atoms with van der Waals surface area (Å²) in [5.74, 6) is 0.284. The van der Waals surface area contributed by atoms with E-state index in [0.29, 0.717) is 30.6 Å². The van der Waals surface area contributed by atoms with Gasteiger partial charge in [-0.1, -0.05) is 42.5 Å². The first-order valence-corrected chi connectivity index (χ1v) is 9.75. The zero-order valence-electron chi connectivity index (χ0n) is 15.9. The molecule has 146 valence electrons. The van der Waals surface area contributed by atoms with Crippen LogP contribution in [0.1, 0.15) is 54.2 Å². The van der Waals surface area contributed by atoms with Gasteiger partial charge in [0.15, 0.2) is 5.69 Å². The van der Waals surface area contributed by atoms with Crippen molar-refractivity contribution in [1.29, 1.82) is 0 Å². The van der Waals surface area contributed by atoms with Gasteiger partial charge in [-0.25, -0.2) is 4.68 Å². The average molecular weight is 371 g/mol. The van der Waals surface area contributed by atoms with Crippen LogP contribution >= 0.6 is 0 Å². The van der Waals surface area contributed by atoms with Crippen molar-refractivity contribution in [3.63, 3.8) is 0 Å². The van der Waals surface area contributed by atoms with Gasteiger partial charge in [-0.2, -0.15) is 0 Å². The largest absolute Gasteiger partial charge is 0.396 e. The van der Waals surface area contributed by atoms with Gasteiger partial charge >= 0.3 is 0 Å². The number of hydrogen-bond donors (Lipinski definition) is 2. The quantitative estimate of drug-likeness (QED) is 0.692. The zero-order chi connectivity index (χ0) is 19.1. The SMILES string of the molecule is CC(CN1CCC(n2cc(C(=O)NCCCO)nn2)CC1)c1ccccc1. The molecule has 7 nitrogen and oxygen atoms in total. The molecule has 1 atom stereocenters. The molecule has 0 bridgehead atoms. The molecule has 1 aliphatic heterocycles. The van der Waals surface area contributed by atoms with Crippen molar-refractivity contribution < 1.29 is 9.90 Å². The third-order valence-electron chi connectivity index (χ3n) is 5.20. The third-order valence-corrected chi connectivity index (χ3v) is 5.20. The van der Waals surface area contributed by atoms with Gasteiger partial charge in [-0.3, -0.25) is 4.79 Å². The van der Waals surface area contributed by atoms with Gasteiger partial charge < -0.3 is 15.3 Å². The number of rotatable bonds is 8. The summed E-state index contributed by atoms with van der Waals surface area (Å²) in [6, 6.07) is 10.9. The molecule has 0 radical (unpaired) electrons. The molecule has 2 N–H and O–H groups in total. The van der Waals surface area contributed by atoms with E-state index in [-0.39, 0.29) is 12.5 Å². The highest BCUT2D eigenvalue weighted by Crippen LogP contribution is 2.24. The lowest BCUT2D eigenvalue weighted by Gasteiger charge is -2.33. The standard InChI is InChI=1S/C20H29N5O2/c1-16(17-6-3-2-4-7-17)14-24-11-8-18(9-12-24)25-15-19(22-23-25)20(27)21-10-5-13-26/h2-4,6-7,15-16,18,26H,5,8-14H2,1H3,(H,21,27). The fourth-order valence-electron chi connectivity index (χ4n) is 3.57. The molecule has 1 aromatic carbocycles. The second-order valence-corrected chi connectivity index (χ2v) is 7.26. The number of piperidine rings is 1. The number of likely N-dealkylation sites (tertiary alicyclic amines) is 1. The van der Waals surface area contributed by atoms with E-state index in [1.54, 1.807) is 6.20 Å². The highest BCUT2D eigenvalue weighted by molar-refractivity contribution is 5.91. The van der Waals surface area contributed by atoms with Crippen LogP contribution in [0.2, 0.25) is 0 Å². The summed E-state index contributed by atoms with van der Waals surface area (Å²) < 4.78 is 1.83. The third kappa shape index (κ3) is 5.37. The van der Waals surface area contributed by atoms with Crippen LogP contribution < -0.4 is 5.32 Å². The fourth-order valence-corrected chi connectivity index (χ4v) is 3.57. The Morgan fingerprint density at radius 1 is 1.30 bits per heavy atom. The summed E-state index contributed by atoms with van der Waals surface area (Å²) in [4.78, 5) is 14.5. The number of carbonyl (C=O) groups excluding carboxylic acids is 1. The Hall–Kier alpha value is -2.25. The van der Waals surface area contributed by atoms with Gasteiger partial charge in [-0.05, 0) is 30.7 Å². The highest BCUT2D eigenvalue weighted by Gasteiger charge is 2.23. The number of aliphatic hydroxyl groups excluding tert-OH is 1. The van der Waals surface area contributed by atoms with E-state index in [1.165, 1.54) is 5.56 Å². The number of amides is 1. The fraction of sp³-hybridized carbons (Fsp3) is 0.550. The first kappa shape index (κ1) is 19.5. The van der Waals surface area contributed by atoms with Crippen molar-refractivity contribution in [2.45, 2.75) is 38.1 Å². The molecule has 1 unspecified atom stereocenters. The van der Waals surface area contributed by atoms with E-state index in [9.17, 15) is 4.79 Å². The minimum absolute atomic E-state index is 0.0639. The second kappa shape index (κ2) is 9.62. The molecular weight excluding hydrogens is 342 g/mol. The lowest BCUT2D eigenvalue weighted by atomic mass is 9.98. The molecule has 0 saturated carbocycles. The van der Waals surface area contributed by atoms with Crippen LogP contribution in [-0.2, 0) is 0 Å². The Bertz CT molecular complexity index is 710. The van der Waals surface area contributed by atoms with E-state index in [0.717, 1.165) is 32.5 Å². The Morgan fingerprint density at radius 2 is 2.04 bits per heavy atom. The maximum absolute atomic E-state index is 12.0. The summed E-state index contributed by atoms with van der Waals surface area (Å²) in [5.41, 5.74) is 1.72. The van der Waals surface area contributed by atoms with Crippen molar-refractivity contribution in [2.24, 2.45) is 0 Å². The van der Waals surface area contributed by atoms with Crippen LogP contribution in [0.15, 0.2) is 36.5 Å². The Morgan fingerprint density at radius 3 is 2.74 bits per heavy atom. The highest BCUT2D eigenvalue weighted by atomic mass is 16.3. The molecule has 1 amide bonds. The molecule has 0 aliphatic carbocycles. The minimum Gasteiger partial charge on any atom is -0.396 e. The van der Waals surface area contributed by atoms with Crippen LogP contribution in [0.25, 0.3) is 0 Å². The molecular formula is C20H29N5O2. The van der Waals surface area contributed by atoms with Gasteiger partial charge in [-0.15, -0.1) is 5.10 Å². The molecule has 2 heterocycles. The number of hydrogen-bond acceptors (Lipinski definition) is 5. The Labute approximate surface area is 160 Å². The van der Waals surface area contributed by atoms with Crippen molar-refractivity contribution in [2.75, 3.05) is 32.8 Å². The molecule has 1 aliphatic rings. The van der Waals surface area contributed by atoms with E-state index < -0.39 is 0 Å². The lowest BCUT2D eigenvalue weighted by Crippen LogP contribution is -2.37. The normalized spacial score (nSPS) is 17.0. The van der Waals surface area contributed by atoms with Crippen LogP contribution in [0.4, 0.5) is 0 Å².